The molecule has 1 aromatic rings. The Labute approximate surface area is 119 Å². The van der Waals surface area contributed by atoms with Gasteiger partial charge in [0.25, 0.3) is 0 Å². The van der Waals surface area contributed by atoms with E-state index in [1.165, 1.54) is 10.5 Å². The molecule has 6 nitrogen and oxygen atoms in total. The lowest BCUT2D eigenvalue weighted by molar-refractivity contribution is 0.302. The predicted molar refractivity (Wildman–Crippen MR) is 73.8 cm³/mol. The number of rotatable bonds is 5. The fraction of sp³-hybridized carbons (Fsp3) is 0.727. The van der Waals surface area contributed by atoms with E-state index in [1.54, 1.807) is 10.9 Å². The summed E-state index contributed by atoms with van der Waals surface area (Å²) in [5.41, 5.74) is 0. The topological polar surface area (TPSA) is 58.4 Å². The Morgan fingerprint density at radius 2 is 2.26 bits per heavy atom. The lowest BCUT2D eigenvalue weighted by Gasteiger charge is -2.19. The molecule has 1 atom stereocenters. The van der Waals surface area contributed by atoms with Gasteiger partial charge in [0.05, 0.1) is 12.7 Å². The minimum atomic E-state index is -3.42. The summed E-state index contributed by atoms with van der Waals surface area (Å²) in [5.74, 6) is 0.410. The third kappa shape index (κ3) is 3.10. The number of likely N-dealkylation sites (N-methyl/N-ethyl adjacent to an activating group) is 1. The van der Waals surface area contributed by atoms with E-state index in [1.807, 2.05) is 14.1 Å². The fourth-order valence-electron chi connectivity index (χ4n) is 2.19. The standard InChI is InChI=1S/C11H19ClN4O2S/c1-14(2)10-3-5-16(8-10)19(17,18)11-7-13-15(9-11)6-4-12/h7,9-10H,3-6,8H2,1-2H3. The molecule has 1 aliphatic heterocycles. The second kappa shape index (κ2) is 5.78. The first-order chi connectivity index (χ1) is 8.95. The van der Waals surface area contributed by atoms with E-state index in [-0.39, 0.29) is 10.9 Å². The van der Waals surface area contributed by atoms with Gasteiger partial charge >= 0.3 is 0 Å². The smallest absolute Gasteiger partial charge is 0.246 e. The maximum absolute atomic E-state index is 12.4. The number of aromatic nitrogens is 2. The van der Waals surface area contributed by atoms with Crippen LogP contribution in [0.15, 0.2) is 17.3 Å². The number of hydrogen-bond donors (Lipinski definition) is 0. The lowest BCUT2D eigenvalue weighted by Crippen LogP contribution is -2.34. The Balaban J connectivity index is 2.14. The van der Waals surface area contributed by atoms with Crippen LogP contribution in [-0.4, -0.2) is 66.5 Å². The summed E-state index contributed by atoms with van der Waals surface area (Å²) >= 11 is 5.61. The zero-order valence-corrected chi connectivity index (χ0v) is 12.7. The van der Waals surface area contributed by atoms with E-state index >= 15 is 0 Å². The minimum absolute atomic E-state index is 0.247. The van der Waals surface area contributed by atoms with Crippen LogP contribution in [0, 0.1) is 0 Å². The van der Waals surface area contributed by atoms with Crippen LogP contribution in [0.3, 0.4) is 0 Å². The average molecular weight is 307 g/mol. The number of nitrogens with zero attached hydrogens (tertiary/aromatic N) is 4. The molecule has 0 bridgehead atoms. The Morgan fingerprint density at radius 1 is 1.53 bits per heavy atom. The molecular formula is C11H19ClN4O2S. The summed E-state index contributed by atoms with van der Waals surface area (Å²) in [6.45, 7) is 1.61. The SMILES string of the molecule is CN(C)C1CCN(S(=O)(=O)c2cnn(CCCl)c2)C1. The van der Waals surface area contributed by atoms with Crippen LogP contribution >= 0.6 is 11.6 Å². The van der Waals surface area contributed by atoms with Crippen molar-refractivity contribution in [2.24, 2.45) is 0 Å². The number of alkyl halides is 1. The van der Waals surface area contributed by atoms with Gasteiger partial charge in [-0.3, -0.25) is 4.68 Å². The molecule has 1 saturated heterocycles. The Bertz CT molecular complexity index is 529. The molecule has 0 N–H and O–H groups in total. The van der Waals surface area contributed by atoms with E-state index in [0.717, 1.165) is 6.42 Å². The van der Waals surface area contributed by atoms with Crippen LogP contribution in [0.2, 0.25) is 0 Å². The highest BCUT2D eigenvalue weighted by Crippen LogP contribution is 2.22. The van der Waals surface area contributed by atoms with E-state index in [9.17, 15) is 8.42 Å². The molecule has 1 unspecified atom stereocenters. The minimum Gasteiger partial charge on any atom is -0.305 e. The Kier molecular flexibility index (Phi) is 4.50. The zero-order valence-electron chi connectivity index (χ0n) is 11.2. The van der Waals surface area contributed by atoms with E-state index in [4.69, 9.17) is 11.6 Å². The fourth-order valence-corrected chi connectivity index (χ4v) is 3.81. The summed E-state index contributed by atoms with van der Waals surface area (Å²) < 4.78 is 28.0. The molecule has 0 aromatic carbocycles. The van der Waals surface area contributed by atoms with Crippen LogP contribution in [0.5, 0.6) is 0 Å². The molecule has 1 aromatic heterocycles. The van der Waals surface area contributed by atoms with Crippen LogP contribution in [0.25, 0.3) is 0 Å². The average Bonchev–Trinajstić information content (AvgIpc) is 2.98. The highest BCUT2D eigenvalue weighted by molar-refractivity contribution is 7.89. The second-order valence-electron chi connectivity index (χ2n) is 4.90. The molecule has 19 heavy (non-hydrogen) atoms. The van der Waals surface area contributed by atoms with Crippen molar-refractivity contribution in [1.29, 1.82) is 0 Å². The molecule has 2 rings (SSSR count). The van der Waals surface area contributed by atoms with Gasteiger partial charge in [0.15, 0.2) is 0 Å². The van der Waals surface area contributed by atoms with Crippen LogP contribution in [0.1, 0.15) is 6.42 Å². The Morgan fingerprint density at radius 3 is 2.84 bits per heavy atom. The maximum Gasteiger partial charge on any atom is 0.246 e. The summed E-state index contributed by atoms with van der Waals surface area (Å²) in [5, 5.41) is 4.01. The number of sulfonamides is 1. The van der Waals surface area contributed by atoms with E-state index in [2.05, 4.69) is 10.00 Å². The summed E-state index contributed by atoms with van der Waals surface area (Å²) in [6.07, 6.45) is 3.80. The van der Waals surface area contributed by atoms with Crippen molar-refractivity contribution in [3.63, 3.8) is 0 Å². The molecule has 0 saturated carbocycles. The summed E-state index contributed by atoms with van der Waals surface area (Å²) in [6, 6.07) is 0.285. The first kappa shape index (κ1) is 14.8. The molecule has 0 spiro atoms. The van der Waals surface area contributed by atoms with Gasteiger partial charge < -0.3 is 4.90 Å². The van der Waals surface area contributed by atoms with Crippen molar-refractivity contribution in [2.75, 3.05) is 33.1 Å². The van der Waals surface area contributed by atoms with Gasteiger partial charge in [0, 0.05) is 31.2 Å². The van der Waals surface area contributed by atoms with Gasteiger partial charge in [-0.1, -0.05) is 0 Å². The van der Waals surface area contributed by atoms with Crippen LogP contribution in [0.4, 0.5) is 0 Å². The molecule has 1 aliphatic rings. The van der Waals surface area contributed by atoms with Crippen molar-refractivity contribution in [1.82, 2.24) is 19.0 Å². The van der Waals surface area contributed by atoms with Crippen LogP contribution < -0.4 is 0 Å². The number of hydrogen-bond acceptors (Lipinski definition) is 4. The van der Waals surface area contributed by atoms with E-state index < -0.39 is 10.0 Å². The molecule has 0 radical (unpaired) electrons. The molecule has 0 aliphatic carbocycles. The van der Waals surface area contributed by atoms with Crippen molar-refractivity contribution in [3.8, 4) is 0 Å². The van der Waals surface area contributed by atoms with Gasteiger partial charge in [-0.05, 0) is 20.5 Å². The first-order valence-electron chi connectivity index (χ1n) is 6.20. The number of halogens is 1. The van der Waals surface area contributed by atoms with Crippen molar-refractivity contribution in [2.45, 2.75) is 23.9 Å². The monoisotopic (exact) mass is 306 g/mol. The third-order valence-corrected chi connectivity index (χ3v) is 5.40. The van der Waals surface area contributed by atoms with Crippen molar-refractivity contribution >= 4 is 21.6 Å². The van der Waals surface area contributed by atoms with Gasteiger partial charge in [0.1, 0.15) is 4.90 Å². The quantitative estimate of drug-likeness (QED) is 0.741. The molecule has 108 valence electrons. The van der Waals surface area contributed by atoms with Gasteiger partial charge in [-0.2, -0.15) is 9.40 Å². The maximum atomic E-state index is 12.4. The van der Waals surface area contributed by atoms with E-state index in [0.29, 0.717) is 25.5 Å². The summed E-state index contributed by atoms with van der Waals surface area (Å²) in [7, 11) is 0.521. The number of aryl methyl sites for hydroxylation is 1. The summed E-state index contributed by atoms with van der Waals surface area (Å²) in [4.78, 5) is 2.31. The highest BCUT2D eigenvalue weighted by Gasteiger charge is 2.34. The first-order valence-corrected chi connectivity index (χ1v) is 8.17. The second-order valence-corrected chi connectivity index (χ2v) is 7.21. The molecule has 0 amide bonds. The molecule has 8 heteroatoms. The van der Waals surface area contributed by atoms with Gasteiger partial charge in [-0.25, -0.2) is 8.42 Å². The predicted octanol–water partition coefficient (Wildman–Crippen LogP) is 0.446. The third-order valence-electron chi connectivity index (χ3n) is 3.42. The molecular weight excluding hydrogens is 288 g/mol. The molecule has 2 heterocycles. The van der Waals surface area contributed by atoms with Gasteiger partial charge in [-0.15, -0.1) is 11.6 Å². The highest BCUT2D eigenvalue weighted by atomic mass is 35.5. The van der Waals surface area contributed by atoms with Gasteiger partial charge in [0.2, 0.25) is 10.0 Å². The van der Waals surface area contributed by atoms with Crippen LogP contribution in [-0.2, 0) is 16.6 Å². The van der Waals surface area contributed by atoms with Crippen molar-refractivity contribution < 1.29 is 8.42 Å². The molecule has 1 fully saturated rings. The normalized spacial score (nSPS) is 21.4. The Hall–Kier alpha value is -0.630. The van der Waals surface area contributed by atoms with Crippen molar-refractivity contribution in [3.05, 3.63) is 12.4 Å². The zero-order chi connectivity index (χ0) is 14.0. The largest absolute Gasteiger partial charge is 0.305 e. The lowest BCUT2D eigenvalue weighted by atomic mass is 10.2.